The first-order valence-corrected chi connectivity index (χ1v) is 10.9. The lowest BCUT2D eigenvalue weighted by atomic mass is 9.86. The van der Waals surface area contributed by atoms with Crippen LogP contribution in [-0.4, -0.2) is 30.6 Å². The van der Waals surface area contributed by atoms with Gasteiger partial charge >= 0.3 is 6.18 Å². The van der Waals surface area contributed by atoms with Gasteiger partial charge in [-0.2, -0.15) is 18.4 Å². The van der Waals surface area contributed by atoms with Crippen LogP contribution in [0.2, 0.25) is 0 Å². The van der Waals surface area contributed by atoms with Gasteiger partial charge in [-0.25, -0.2) is 0 Å². The fourth-order valence-corrected chi connectivity index (χ4v) is 4.99. The molecule has 1 saturated carbocycles. The van der Waals surface area contributed by atoms with Gasteiger partial charge in [0.2, 0.25) is 5.82 Å². The third kappa shape index (κ3) is 3.81. The third-order valence-corrected chi connectivity index (χ3v) is 6.40. The molecule has 0 atom stereocenters. The quantitative estimate of drug-likeness (QED) is 0.575. The first kappa shape index (κ1) is 20.1. The van der Waals surface area contributed by atoms with Crippen LogP contribution >= 0.6 is 0 Å². The molecule has 162 valence electrons. The van der Waals surface area contributed by atoms with Crippen LogP contribution in [0.5, 0.6) is 0 Å². The van der Waals surface area contributed by atoms with Gasteiger partial charge in [-0.15, -0.1) is 10.2 Å². The second kappa shape index (κ2) is 8.01. The number of tetrazole rings is 1. The second-order valence-corrected chi connectivity index (χ2v) is 8.38. The van der Waals surface area contributed by atoms with Crippen molar-refractivity contribution in [3.63, 3.8) is 0 Å². The summed E-state index contributed by atoms with van der Waals surface area (Å²) in [6.45, 7) is 0. The molecule has 0 radical (unpaired) electrons. The average molecular weight is 428 g/mol. The molecule has 5 rings (SSSR count). The van der Waals surface area contributed by atoms with Gasteiger partial charge in [0.05, 0.1) is 11.3 Å². The zero-order valence-corrected chi connectivity index (χ0v) is 17.0. The van der Waals surface area contributed by atoms with Crippen LogP contribution in [0.1, 0.15) is 73.5 Å². The van der Waals surface area contributed by atoms with Gasteiger partial charge in [0, 0.05) is 17.8 Å². The molecular weight excluding hydrogens is 405 g/mol. The summed E-state index contributed by atoms with van der Waals surface area (Å²) in [6, 6.07) is 2.79. The minimum Gasteiger partial charge on any atom is -0.256 e. The van der Waals surface area contributed by atoms with Crippen molar-refractivity contribution in [3.05, 3.63) is 41.0 Å². The molecule has 0 unspecified atom stereocenters. The van der Waals surface area contributed by atoms with E-state index in [-0.39, 0.29) is 5.92 Å². The van der Waals surface area contributed by atoms with E-state index >= 15 is 0 Å². The summed E-state index contributed by atoms with van der Waals surface area (Å²) in [5.41, 5.74) is 4.00. The van der Waals surface area contributed by atoms with Gasteiger partial charge < -0.3 is 0 Å². The van der Waals surface area contributed by atoms with E-state index in [2.05, 4.69) is 25.6 Å². The number of pyridine rings is 2. The predicted molar refractivity (Wildman–Crippen MR) is 108 cm³/mol. The summed E-state index contributed by atoms with van der Waals surface area (Å²) < 4.78 is 40.4. The van der Waals surface area contributed by atoms with E-state index < -0.39 is 11.9 Å². The highest BCUT2D eigenvalue weighted by atomic mass is 19.4. The molecule has 3 aromatic rings. The number of aryl methyl sites for hydroxylation is 1. The topological polar surface area (TPSA) is 80.2 Å². The summed E-state index contributed by atoms with van der Waals surface area (Å²) in [5, 5.41) is 14.7. The van der Waals surface area contributed by atoms with Crippen molar-refractivity contribution in [2.24, 2.45) is 0 Å². The molecule has 0 aromatic carbocycles. The molecule has 3 heterocycles. The Morgan fingerprint density at radius 1 is 0.968 bits per heavy atom. The Bertz CT molecular complexity index is 1070. The number of alkyl halides is 3. The minimum absolute atomic E-state index is 0.254. The molecule has 9 heteroatoms. The van der Waals surface area contributed by atoms with Crippen molar-refractivity contribution in [1.82, 2.24) is 30.6 Å². The smallest absolute Gasteiger partial charge is 0.256 e. The Balaban J connectivity index is 1.82. The fourth-order valence-electron chi connectivity index (χ4n) is 4.99. The number of nitrogens with one attached hydrogen (secondary N) is 1. The lowest BCUT2D eigenvalue weighted by Gasteiger charge is -2.22. The molecular formula is C22H23F3N6. The van der Waals surface area contributed by atoms with Crippen LogP contribution < -0.4 is 0 Å². The molecule has 1 N–H and O–H groups in total. The van der Waals surface area contributed by atoms with Crippen molar-refractivity contribution in [2.45, 2.75) is 69.9 Å². The molecule has 0 spiro atoms. The van der Waals surface area contributed by atoms with Gasteiger partial charge in [-0.05, 0) is 72.6 Å². The Labute approximate surface area is 177 Å². The van der Waals surface area contributed by atoms with E-state index in [4.69, 9.17) is 4.98 Å². The zero-order valence-electron chi connectivity index (χ0n) is 17.0. The van der Waals surface area contributed by atoms with E-state index in [1.165, 1.54) is 6.20 Å². The number of fused-ring (bicyclic) bond motifs is 1. The van der Waals surface area contributed by atoms with Crippen LogP contribution in [0.25, 0.3) is 22.5 Å². The normalized spacial score (nSPS) is 17.5. The third-order valence-electron chi connectivity index (χ3n) is 6.40. The van der Waals surface area contributed by atoms with Crippen molar-refractivity contribution in [1.29, 1.82) is 0 Å². The highest BCUT2D eigenvalue weighted by Gasteiger charge is 2.34. The Morgan fingerprint density at radius 2 is 1.77 bits per heavy atom. The van der Waals surface area contributed by atoms with Gasteiger partial charge in [0.1, 0.15) is 5.69 Å². The number of H-pyrrole nitrogens is 1. The molecule has 31 heavy (non-hydrogen) atoms. The van der Waals surface area contributed by atoms with Crippen LogP contribution in [0.15, 0.2) is 18.3 Å². The van der Waals surface area contributed by atoms with Crippen LogP contribution in [0, 0.1) is 0 Å². The lowest BCUT2D eigenvalue weighted by molar-refractivity contribution is -0.141. The van der Waals surface area contributed by atoms with Crippen molar-refractivity contribution >= 4 is 0 Å². The molecule has 3 aromatic heterocycles. The van der Waals surface area contributed by atoms with Crippen molar-refractivity contribution in [2.75, 3.05) is 0 Å². The minimum atomic E-state index is -4.51. The maximum atomic E-state index is 13.5. The van der Waals surface area contributed by atoms with Gasteiger partial charge in [-0.3, -0.25) is 9.97 Å². The predicted octanol–water partition coefficient (Wildman–Crippen LogP) is 5.27. The highest BCUT2D eigenvalue weighted by molar-refractivity contribution is 5.85. The first-order chi connectivity index (χ1) is 15.0. The summed E-state index contributed by atoms with van der Waals surface area (Å²) in [6.07, 6.45) is 5.70. The van der Waals surface area contributed by atoms with Gasteiger partial charge in [0.15, 0.2) is 0 Å². The summed E-state index contributed by atoms with van der Waals surface area (Å²) in [4.78, 5) is 8.68. The molecule has 0 bridgehead atoms. The van der Waals surface area contributed by atoms with E-state index in [0.717, 1.165) is 91.9 Å². The molecule has 0 amide bonds. The SMILES string of the molecule is FC(F)(F)c1cc(-c2c3c(nc(C4CCCC4)c2-c2nn[nH]n2)CCCCC3)ccn1. The number of hydrogen-bond acceptors (Lipinski definition) is 5. The molecule has 2 aliphatic carbocycles. The maximum Gasteiger partial charge on any atom is 0.433 e. The molecule has 1 fully saturated rings. The zero-order chi connectivity index (χ0) is 21.4. The number of aromatic nitrogens is 6. The van der Waals surface area contributed by atoms with E-state index in [1.807, 2.05) is 0 Å². The Hall–Kier alpha value is -2.84. The molecule has 0 aliphatic heterocycles. The maximum absolute atomic E-state index is 13.5. The summed E-state index contributed by atoms with van der Waals surface area (Å²) >= 11 is 0. The highest BCUT2D eigenvalue weighted by Crippen LogP contribution is 2.45. The van der Waals surface area contributed by atoms with Crippen molar-refractivity contribution < 1.29 is 13.2 Å². The van der Waals surface area contributed by atoms with Crippen LogP contribution in [0.4, 0.5) is 13.2 Å². The van der Waals surface area contributed by atoms with Gasteiger partial charge in [-0.1, -0.05) is 19.3 Å². The molecule has 0 saturated heterocycles. The number of halogens is 3. The van der Waals surface area contributed by atoms with E-state index in [9.17, 15) is 13.2 Å². The number of aromatic amines is 1. The van der Waals surface area contributed by atoms with E-state index in [1.54, 1.807) is 6.07 Å². The van der Waals surface area contributed by atoms with E-state index in [0.29, 0.717) is 11.4 Å². The average Bonchev–Trinajstić information content (AvgIpc) is 3.43. The fraction of sp³-hybridized carbons (Fsp3) is 0.500. The summed E-state index contributed by atoms with van der Waals surface area (Å²) in [7, 11) is 0. The lowest BCUT2D eigenvalue weighted by Crippen LogP contribution is -2.11. The second-order valence-electron chi connectivity index (χ2n) is 8.38. The largest absolute Gasteiger partial charge is 0.433 e. The standard InChI is InChI=1S/C22H23F3N6/c23-22(24,25)17-12-14(10-11-26-17)18-15-8-2-1-3-9-16(15)27-20(13-6-4-5-7-13)19(18)21-28-30-31-29-21/h10-13H,1-9H2,(H,28,29,30,31). The first-order valence-electron chi connectivity index (χ1n) is 10.9. The van der Waals surface area contributed by atoms with Crippen molar-refractivity contribution in [3.8, 4) is 22.5 Å². The Kier molecular flexibility index (Phi) is 5.19. The number of nitrogens with zero attached hydrogens (tertiary/aromatic N) is 5. The van der Waals surface area contributed by atoms with Gasteiger partial charge in [0.25, 0.3) is 0 Å². The molecule has 2 aliphatic rings. The van der Waals surface area contributed by atoms with Crippen LogP contribution in [-0.2, 0) is 19.0 Å². The number of rotatable bonds is 3. The molecule has 6 nitrogen and oxygen atoms in total. The summed E-state index contributed by atoms with van der Waals surface area (Å²) in [5.74, 6) is 0.645. The monoisotopic (exact) mass is 428 g/mol. The number of hydrogen-bond donors (Lipinski definition) is 1. The van der Waals surface area contributed by atoms with Crippen LogP contribution in [0.3, 0.4) is 0 Å². The Morgan fingerprint density at radius 3 is 2.52 bits per heavy atom.